The van der Waals surface area contributed by atoms with E-state index in [1.807, 2.05) is 0 Å². The molecule has 11 heteroatoms. The summed E-state index contributed by atoms with van der Waals surface area (Å²) in [5, 5.41) is 15.2. The maximum atomic E-state index is 12.9. The summed E-state index contributed by atoms with van der Waals surface area (Å²) in [6, 6.07) is 2.61. The number of nitrogens with one attached hydrogen (secondary N) is 1. The van der Waals surface area contributed by atoms with E-state index in [1.165, 1.54) is 13.0 Å². The molecule has 26 heavy (non-hydrogen) atoms. The predicted octanol–water partition coefficient (Wildman–Crippen LogP) is 3.53. The number of carbonyl (C=O) groups excluding carboxylic acids is 1. The Hall–Kier alpha value is -2.77. The number of benzene rings is 1. The molecule has 0 aromatic heterocycles. The fourth-order valence-electron chi connectivity index (χ4n) is 2.43. The molecule has 5 nitrogen and oxygen atoms in total. The third-order valence-electron chi connectivity index (χ3n) is 3.66. The first kappa shape index (κ1) is 19.6. The van der Waals surface area contributed by atoms with Gasteiger partial charge in [-0.2, -0.15) is 36.7 Å². The predicted molar refractivity (Wildman–Crippen MR) is 79.1 cm³/mol. The molecular weight excluding hydrogens is 366 g/mol. The van der Waals surface area contributed by atoms with Crippen LogP contribution in [0.1, 0.15) is 24.5 Å². The molecule has 1 amide bonds. The number of nitriles is 1. The van der Waals surface area contributed by atoms with Crippen molar-refractivity contribution in [2.24, 2.45) is 5.10 Å². The van der Waals surface area contributed by atoms with Gasteiger partial charge in [0.1, 0.15) is 11.8 Å². The van der Waals surface area contributed by atoms with E-state index in [-0.39, 0.29) is 12.2 Å². The second kappa shape index (κ2) is 6.86. The van der Waals surface area contributed by atoms with Crippen molar-refractivity contribution < 1.29 is 31.1 Å². The molecule has 0 saturated heterocycles. The van der Waals surface area contributed by atoms with E-state index >= 15 is 0 Å². The van der Waals surface area contributed by atoms with Crippen LogP contribution in [0.3, 0.4) is 0 Å². The molecular formula is C15H12F6N4O. The normalized spacial score (nSPS) is 17.7. The number of hydrogen-bond acceptors (Lipinski definition) is 4. The standard InChI is InChI=1S/C15H12F6N4O/c1-2-25-11(6-12(24-25)15(19,20)21)13(26)23-9-4-3-8(7-22)10(5-9)14(16,17)18/h3-5,11H,2,6H2,1H3,(H,23,26). The number of nitrogens with zero attached hydrogens (tertiary/aromatic N) is 3. The van der Waals surface area contributed by atoms with Crippen LogP contribution in [0.2, 0.25) is 0 Å². The minimum absolute atomic E-state index is 0.0127. The van der Waals surface area contributed by atoms with Crippen molar-refractivity contribution in [3.63, 3.8) is 0 Å². The molecule has 0 bridgehead atoms. The molecule has 1 aliphatic heterocycles. The lowest BCUT2D eigenvalue weighted by Gasteiger charge is -2.21. The Morgan fingerprint density at radius 1 is 1.31 bits per heavy atom. The number of carbonyl (C=O) groups is 1. The average molecular weight is 378 g/mol. The maximum absolute atomic E-state index is 12.9. The minimum atomic E-state index is -4.82. The van der Waals surface area contributed by atoms with Crippen LogP contribution in [-0.2, 0) is 11.0 Å². The molecule has 0 radical (unpaired) electrons. The number of likely N-dealkylation sites (N-methyl/N-ethyl adjacent to an activating group) is 1. The second-order valence-electron chi connectivity index (χ2n) is 5.38. The lowest BCUT2D eigenvalue weighted by Crippen LogP contribution is -2.38. The van der Waals surface area contributed by atoms with Gasteiger partial charge in [0.2, 0.25) is 5.91 Å². The molecule has 140 valence electrons. The van der Waals surface area contributed by atoms with Crippen molar-refractivity contribution in [1.29, 1.82) is 5.26 Å². The topological polar surface area (TPSA) is 68.5 Å². The molecule has 1 atom stereocenters. The number of rotatable bonds is 3. The molecule has 0 aliphatic carbocycles. The minimum Gasteiger partial charge on any atom is -0.324 e. The van der Waals surface area contributed by atoms with Crippen molar-refractivity contribution in [3.8, 4) is 6.07 Å². The summed E-state index contributed by atoms with van der Waals surface area (Å²) >= 11 is 0. The van der Waals surface area contributed by atoms with E-state index in [0.717, 1.165) is 17.1 Å². The Balaban J connectivity index is 2.22. The van der Waals surface area contributed by atoms with Gasteiger partial charge in [0.15, 0.2) is 0 Å². The first-order valence-corrected chi connectivity index (χ1v) is 7.31. The summed E-state index contributed by atoms with van der Waals surface area (Å²) in [5.41, 5.74) is -3.29. The fraction of sp³-hybridized carbons (Fsp3) is 0.400. The van der Waals surface area contributed by atoms with E-state index in [1.54, 1.807) is 0 Å². The van der Waals surface area contributed by atoms with Crippen molar-refractivity contribution in [2.75, 3.05) is 11.9 Å². The Kier molecular flexibility index (Phi) is 5.16. The van der Waals surface area contributed by atoms with Crippen molar-refractivity contribution in [3.05, 3.63) is 29.3 Å². The Labute approximate surface area is 143 Å². The number of alkyl halides is 6. The molecule has 1 N–H and O–H groups in total. The highest BCUT2D eigenvalue weighted by Gasteiger charge is 2.44. The van der Waals surface area contributed by atoms with E-state index in [2.05, 4.69) is 10.4 Å². The van der Waals surface area contributed by atoms with Crippen LogP contribution in [0, 0.1) is 11.3 Å². The average Bonchev–Trinajstić information content (AvgIpc) is 2.98. The SMILES string of the molecule is CCN1N=C(C(F)(F)F)CC1C(=O)Nc1ccc(C#N)c(C(F)(F)F)c1. The van der Waals surface area contributed by atoms with Crippen LogP contribution in [-0.4, -0.2) is 35.4 Å². The van der Waals surface area contributed by atoms with Gasteiger partial charge in [0.05, 0.1) is 17.2 Å². The van der Waals surface area contributed by atoms with E-state index in [4.69, 9.17) is 5.26 Å². The summed E-state index contributed by atoms with van der Waals surface area (Å²) in [5.74, 6) is -0.923. The van der Waals surface area contributed by atoms with Gasteiger partial charge in [-0.3, -0.25) is 9.80 Å². The molecule has 2 rings (SSSR count). The monoisotopic (exact) mass is 378 g/mol. The molecule has 0 saturated carbocycles. The van der Waals surface area contributed by atoms with Gasteiger partial charge in [-0.05, 0) is 25.1 Å². The lowest BCUT2D eigenvalue weighted by molar-refractivity contribution is -0.137. The van der Waals surface area contributed by atoms with Crippen LogP contribution in [0.25, 0.3) is 0 Å². The van der Waals surface area contributed by atoms with Crippen molar-refractivity contribution >= 4 is 17.3 Å². The summed E-state index contributed by atoms with van der Waals surface area (Å²) < 4.78 is 77.1. The molecule has 1 unspecified atom stereocenters. The summed E-state index contributed by atoms with van der Waals surface area (Å²) in [6.07, 6.45) is -10.2. The Morgan fingerprint density at radius 2 is 1.96 bits per heavy atom. The molecule has 1 aromatic carbocycles. The number of hydrazone groups is 1. The zero-order valence-corrected chi connectivity index (χ0v) is 13.2. The van der Waals surface area contributed by atoms with Gasteiger partial charge in [-0.1, -0.05) is 0 Å². The summed E-state index contributed by atoms with van der Waals surface area (Å²) in [6.45, 7) is 1.51. The Bertz CT molecular complexity index is 778. The summed E-state index contributed by atoms with van der Waals surface area (Å²) in [4.78, 5) is 12.2. The zero-order chi connectivity index (χ0) is 19.7. The second-order valence-corrected chi connectivity index (χ2v) is 5.38. The third kappa shape index (κ3) is 4.07. The number of hydrogen-bond donors (Lipinski definition) is 1. The number of halogens is 6. The first-order chi connectivity index (χ1) is 12.0. The highest BCUT2D eigenvalue weighted by atomic mass is 19.4. The molecule has 0 fully saturated rings. The van der Waals surface area contributed by atoms with Gasteiger partial charge in [-0.25, -0.2) is 0 Å². The quantitative estimate of drug-likeness (QED) is 0.819. The van der Waals surface area contributed by atoms with E-state index in [0.29, 0.717) is 6.07 Å². The van der Waals surface area contributed by atoms with Crippen LogP contribution in [0.5, 0.6) is 0 Å². The highest BCUT2D eigenvalue weighted by molar-refractivity contribution is 6.01. The van der Waals surface area contributed by atoms with Gasteiger partial charge in [0.25, 0.3) is 0 Å². The van der Waals surface area contributed by atoms with Crippen LogP contribution in [0.4, 0.5) is 32.0 Å². The zero-order valence-electron chi connectivity index (χ0n) is 13.2. The van der Waals surface area contributed by atoms with Gasteiger partial charge < -0.3 is 5.32 Å². The van der Waals surface area contributed by atoms with E-state index in [9.17, 15) is 31.1 Å². The molecule has 1 aliphatic rings. The van der Waals surface area contributed by atoms with E-state index < -0.39 is 47.6 Å². The highest BCUT2D eigenvalue weighted by Crippen LogP contribution is 2.34. The molecule has 0 spiro atoms. The summed E-state index contributed by atoms with van der Waals surface area (Å²) in [7, 11) is 0. The largest absolute Gasteiger partial charge is 0.431 e. The first-order valence-electron chi connectivity index (χ1n) is 7.31. The van der Waals surface area contributed by atoms with Crippen molar-refractivity contribution in [1.82, 2.24) is 5.01 Å². The Morgan fingerprint density at radius 3 is 2.46 bits per heavy atom. The van der Waals surface area contributed by atoms with Crippen LogP contribution >= 0.6 is 0 Å². The van der Waals surface area contributed by atoms with Crippen molar-refractivity contribution in [2.45, 2.75) is 31.7 Å². The van der Waals surface area contributed by atoms with Gasteiger partial charge >= 0.3 is 12.4 Å². The lowest BCUT2D eigenvalue weighted by atomic mass is 10.1. The van der Waals surface area contributed by atoms with Crippen LogP contribution < -0.4 is 5.32 Å². The third-order valence-corrected chi connectivity index (χ3v) is 3.66. The fourth-order valence-corrected chi connectivity index (χ4v) is 2.43. The maximum Gasteiger partial charge on any atom is 0.431 e. The number of anilines is 1. The smallest absolute Gasteiger partial charge is 0.324 e. The molecule has 1 aromatic rings. The number of amides is 1. The van der Waals surface area contributed by atoms with Gasteiger partial charge in [0, 0.05) is 18.7 Å². The van der Waals surface area contributed by atoms with Gasteiger partial charge in [-0.15, -0.1) is 0 Å². The molecule has 1 heterocycles. The van der Waals surface area contributed by atoms with Crippen LogP contribution in [0.15, 0.2) is 23.3 Å².